The lowest BCUT2D eigenvalue weighted by Crippen LogP contribution is -2.55. The number of rotatable bonds is 0. The minimum absolute atomic E-state index is 0.0838. The summed E-state index contributed by atoms with van der Waals surface area (Å²) in [6.45, 7) is 13.7. The van der Waals surface area contributed by atoms with Gasteiger partial charge in [-0.25, -0.2) is 0 Å². The first kappa shape index (κ1) is 25.3. The number of amides is 1. The van der Waals surface area contributed by atoms with Crippen LogP contribution in [0.3, 0.4) is 0 Å². The van der Waals surface area contributed by atoms with Crippen LogP contribution in [0.1, 0.15) is 59.9 Å². The Labute approximate surface area is 236 Å². The van der Waals surface area contributed by atoms with Crippen LogP contribution in [-0.2, 0) is 20.7 Å². The molecule has 2 saturated heterocycles. The molecule has 4 heterocycles. The lowest BCUT2D eigenvalue weighted by molar-refractivity contribution is -0.145. The van der Waals surface area contributed by atoms with Gasteiger partial charge in [-0.2, -0.15) is 0 Å². The smallest absolute Gasteiger partial charge is 0.265 e. The lowest BCUT2D eigenvalue weighted by Gasteiger charge is -2.49. The molecule has 4 fully saturated rings. The molecule has 9 rings (SSSR count). The number of carbonyl (C=O) groups is 2. The molecule has 0 radical (unpaired) electrons. The minimum Gasteiger partial charge on any atom is -0.490 e. The van der Waals surface area contributed by atoms with Crippen LogP contribution >= 0.6 is 0 Å². The van der Waals surface area contributed by atoms with Crippen molar-refractivity contribution < 1.29 is 24.2 Å². The van der Waals surface area contributed by atoms with Crippen molar-refractivity contribution in [3.63, 3.8) is 0 Å². The molecule has 1 amide bonds. The molecule has 8 aliphatic rings. The van der Waals surface area contributed by atoms with Crippen molar-refractivity contribution >= 4 is 11.7 Å². The van der Waals surface area contributed by atoms with E-state index < -0.39 is 34.7 Å². The van der Waals surface area contributed by atoms with Crippen molar-refractivity contribution in [1.82, 2.24) is 5.32 Å². The average Bonchev–Trinajstić information content (AvgIpc) is 3.45. The van der Waals surface area contributed by atoms with E-state index in [-0.39, 0.29) is 36.1 Å². The summed E-state index contributed by atoms with van der Waals surface area (Å²) in [4.78, 5) is 28.8. The number of morpholine rings is 1. The van der Waals surface area contributed by atoms with Crippen LogP contribution in [0.2, 0.25) is 0 Å². The topological polar surface area (TPSA) is 88.2 Å². The van der Waals surface area contributed by atoms with Crippen LogP contribution in [0.15, 0.2) is 47.1 Å². The van der Waals surface area contributed by atoms with E-state index >= 15 is 4.79 Å². The van der Waals surface area contributed by atoms with E-state index in [9.17, 15) is 9.90 Å². The third-order valence-corrected chi connectivity index (χ3v) is 12.4. The Kier molecular flexibility index (Phi) is 4.86. The molecular weight excluding hydrogens is 502 g/mol. The van der Waals surface area contributed by atoms with Crippen molar-refractivity contribution in [2.45, 2.75) is 84.3 Å². The molecule has 6 heteroatoms. The number of ketones is 1. The van der Waals surface area contributed by atoms with Crippen molar-refractivity contribution in [3.8, 4) is 5.75 Å². The van der Waals surface area contributed by atoms with Gasteiger partial charge in [0.05, 0.1) is 0 Å². The van der Waals surface area contributed by atoms with Gasteiger partial charge in [0.2, 0.25) is 5.60 Å². The number of nitrogens with one attached hydrogen (secondary N) is 1. The largest absolute Gasteiger partial charge is 0.490 e. The molecule has 0 aromatic heterocycles. The number of aliphatic hydroxyl groups is 1. The maximum atomic E-state index is 15.1. The first-order chi connectivity index (χ1) is 18.9. The second-order valence-corrected chi connectivity index (χ2v) is 14.7. The summed E-state index contributed by atoms with van der Waals surface area (Å²) >= 11 is 0. The number of carbonyl (C=O) groups excluding carboxylic acids is 2. The highest BCUT2D eigenvalue weighted by Gasteiger charge is 2.83. The fraction of sp³-hybridized carbons (Fsp3) is 0.647. The predicted molar refractivity (Wildman–Crippen MR) is 149 cm³/mol. The number of epoxide rings is 1. The number of Topliss-reactive ketones (excluding diaryl/α,β-unsaturated/α-hetero) is 1. The normalized spacial score (nSPS) is 51.8. The molecule has 2 N–H and O–H groups in total. The number of allylic oxidation sites excluding steroid dienone is 4. The van der Waals surface area contributed by atoms with E-state index in [0.29, 0.717) is 23.7 Å². The molecule has 13 atom stereocenters. The van der Waals surface area contributed by atoms with Crippen molar-refractivity contribution in [1.29, 1.82) is 0 Å². The molecule has 212 valence electrons. The Morgan fingerprint density at radius 2 is 1.75 bits per heavy atom. The zero-order valence-electron chi connectivity index (χ0n) is 24.4. The second kappa shape index (κ2) is 7.69. The van der Waals surface area contributed by atoms with Gasteiger partial charge < -0.3 is 19.9 Å². The second-order valence-electron chi connectivity index (χ2n) is 14.7. The molecule has 0 unspecified atom stereocenters. The van der Waals surface area contributed by atoms with E-state index in [1.165, 1.54) is 16.7 Å². The summed E-state index contributed by atoms with van der Waals surface area (Å²) in [5.41, 5.74) is 1.13. The fourth-order valence-electron chi connectivity index (χ4n) is 11.2. The zero-order chi connectivity index (χ0) is 28.1. The van der Waals surface area contributed by atoms with Gasteiger partial charge in [0.25, 0.3) is 5.91 Å². The summed E-state index contributed by atoms with van der Waals surface area (Å²) < 4.78 is 13.1. The quantitative estimate of drug-likeness (QED) is 0.284. The summed E-state index contributed by atoms with van der Waals surface area (Å²) in [5.74, 6) is 1.88. The molecule has 0 spiro atoms. The van der Waals surface area contributed by atoms with Crippen LogP contribution < -0.4 is 10.1 Å². The average molecular weight is 544 g/mol. The van der Waals surface area contributed by atoms with Gasteiger partial charge in [0.15, 0.2) is 17.6 Å². The first-order valence-electron chi connectivity index (χ1n) is 15.3. The van der Waals surface area contributed by atoms with Crippen molar-refractivity contribution in [2.24, 2.45) is 52.8 Å². The highest BCUT2D eigenvalue weighted by molar-refractivity contribution is 6.16. The predicted octanol–water partition coefficient (Wildman–Crippen LogP) is 4.61. The third-order valence-electron chi connectivity index (χ3n) is 12.4. The highest BCUT2D eigenvalue weighted by atomic mass is 16.6. The number of fused-ring (bicyclic) bond motifs is 5. The lowest BCUT2D eigenvalue weighted by atomic mass is 9.53. The minimum atomic E-state index is -1.64. The molecule has 4 aliphatic heterocycles. The van der Waals surface area contributed by atoms with E-state index in [2.05, 4.69) is 52.9 Å². The maximum absolute atomic E-state index is 15.1. The molecule has 2 saturated carbocycles. The molecule has 4 aliphatic carbocycles. The number of ether oxygens (including phenoxy) is 2. The molecular formula is C34H41NO5. The van der Waals surface area contributed by atoms with Crippen LogP contribution in [0.5, 0.6) is 5.75 Å². The van der Waals surface area contributed by atoms with E-state index in [0.717, 1.165) is 24.2 Å². The van der Waals surface area contributed by atoms with Crippen LogP contribution in [0.4, 0.5) is 0 Å². The number of hydrogen-bond donors (Lipinski definition) is 2. The molecule has 40 heavy (non-hydrogen) atoms. The molecule has 1 aromatic carbocycles. The number of benzene rings is 1. The number of hydrogen-bond acceptors (Lipinski definition) is 5. The van der Waals surface area contributed by atoms with E-state index in [1.54, 1.807) is 0 Å². The van der Waals surface area contributed by atoms with Gasteiger partial charge in [0, 0.05) is 29.6 Å². The summed E-state index contributed by atoms with van der Waals surface area (Å²) in [5, 5.41) is 14.5. The molecule has 6 nitrogen and oxygen atoms in total. The van der Waals surface area contributed by atoms with E-state index in [1.807, 2.05) is 24.3 Å². The standard InChI is InChI=1S/C34H41NO5/c1-15-11-16(2)23-22(12-15)24-19(5)26-18(4)17(3)13-32(26,6)27-25(24)28(23)39-21-9-7-20(8-10-21)14-33(38)30-34(40-30,29(27)36)31(37)35-33/h7-10,13,15-16,18,22-25,27-28,30,38H,11-12,14H2,1-6H3,(H,35,37)/t15-,16+,18+,22-,23-,24+,25+,27-,28-,30+,32+,33-,34+/m1/s1. The van der Waals surface area contributed by atoms with Crippen LogP contribution in [-0.4, -0.2) is 40.3 Å². The fourth-order valence-corrected chi connectivity index (χ4v) is 11.2. The van der Waals surface area contributed by atoms with Gasteiger partial charge in [-0.05, 0) is 74.0 Å². The molecule has 1 aromatic rings. The van der Waals surface area contributed by atoms with Gasteiger partial charge in [-0.1, -0.05) is 62.6 Å². The summed E-state index contributed by atoms with van der Waals surface area (Å²) in [6.07, 6.45) is 3.74. The highest BCUT2D eigenvalue weighted by Crippen LogP contribution is 2.69. The first-order valence-corrected chi connectivity index (χ1v) is 15.3. The van der Waals surface area contributed by atoms with Gasteiger partial charge in [0.1, 0.15) is 11.9 Å². The monoisotopic (exact) mass is 543 g/mol. The Morgan fingerprint density at radius 3 is 2.45 bits per heavy atom. The Hall–Kier alpha value is -2.44. The van der Waals surface area contributed by atoms with Gasteiger partial charge in [-0.3, -0.25) is 9.59 Å². The van der Waals surface area contributed by atoms with E-state index in [4.69, 9.17) is 9.47 Å². The SMILES string of the molecule is CC1=C[C@@]2(C)C(=C(C)[C@H]3[C@@H]4C[C@H](C)C[C@H](C)[C@H]4[C@H]4Oc5ccc(cc5)C[C@]5(O)NC(=O)[C@]6(O[C@H]65)C(=O)[C@H]2[C@@H]43)[C@H]1C. The summed E-state index contributed by atoms with van der Waals surface area (Å²) in [7, 11) is 0. The molecule has 4 bridgehead atoms. The van der Waals surface area contributed by atoms with Gasteiger partial charge >= 0.3 is 0 Å². The van der Waals surface area contributed by atoms with Crippen molar-refractivity contribution in [2.75, 3.05) is 0 Å². The van der Waals surface area contributed by atoms with Crippen LogP contribution in [0.25, 0.3) is 0 Å². The Morgan fingerprint density at radius 1 is 1.02 bits per heavy atom. The van der Waals surface area contributed by atoms with Crippen molar-refractivity contribution in [3.05, 3.63) is 52.6 Å². The van der Waals surface area contributed by atoms with Crippen LogP contribution in [0, 0.1) is 52.8 Å². The summed E-state index contributed by atoms with van der Waals surface area (Å²) in [6, 6.07) is 7.91. The Bertz CT molecular complexity index is 1410. The van der Waals surface area contributed by atoms with Gasteiger partial charge in [-0.15, -0.1) is 0 Å². The third kappa shape index (κ3) is 2.87. The zero-order valence-corrected chi connectivity index (χ0v) is 24.4. The maximum Gasteiger partial charge on any atom is 0.265 e. The Balaban J connectivity index is 1.39.